The second-order valence-corrected chi connectivity index (χ2v) is 6.64. The van der Waals surface area contributed by atoms with Gasteiger partial charge in [0.2, 0.25) is 11.2 Å². The van der Waals surface area contributed by atoms with Gasteiger partial charge in [0.1, 0.15) is 12.6 Å². The number of nitrogens with zero attached hydrogens (tertiary/aromatic N) is 4. The number of carbonyl (C=O) groups is 2. The Bertz CT molecular complexity index is 1010. The van der Waals surface area contributed by atoms with Crippen LogP contribution < -0.4 is 16.6 Å². The molecule has 0 bridgehead atoms. The highest BCUT2D eigenvalue weighted by Gasteiger charge is 2.27. The fourth-order valence-corrected chi connectivity index (χ4v) is 2.95. The summed E-state index contributed by atoms with van der Waals surface area (Å²) in [5.41, 5.74) is -1.07. The monoisotopic (exact) mass is 399 g/mol. The van der Waals surface area contributed by atoms with Crippen LogP contribution in [0.4, 0.5) is 0 Å². The third kappa shape index (κ3) is 3.75. The first-order chi connectivity index (χ1) is 12.6. The topological polar surface area (TPSA) is 117 Å². The fraction of sp³-hybridized carbons (Fsp3) is 0.562. The molecule has 0 aliphatic carbocycles. The Morgan fingerprint density at radius 2 is 1.89 bits per heavy atom. The molecule has 2 aromatic rings. The largest absolute Gasteiger partial charge is 0.467 e. The number of imidazole rings is 1. The van der Waals surface area contributed by atoms with Gasteiger partial charge in [-0.05, 0) is 17.5 Å². The molecule has 0 aliphatic rings. The van der Waals surface area contributed by atoms with Gasteiger partial charge in [0, 0.05) is 14.1 Å². The van der Waals surface area contributed by atoms with Crippen LogP contribution in [0.2, 0.25) is 5.28 Å². The lowest BCUT2D eigenvalue weighted by molar-refractivity contribution is -0.146. The zero-order chi connectivity index (χ0) is 20.5. The Balaban J connectivity index is 2.43. The molecule has 10 nitrogen and oxygen atoms in total. The summed E-state index contributed by atoms with van der Waals surface area (Å²) >= 11 is 6.09. The average Bonchev–Trinajstić information content (AvgIpc) is 2.97. The maximum absolute atomic E-state index is 12.5. The normalized spacial score (nSPS) is 13.4. The van der Waals surface area contributed by atoms with E-state index in [4.69, 9.17) is 16.3 Å². The van der Waals surface area contributed by atoms with Crippen LogP contribution in [0.25, 0.3) is 11.2 Å². The van der Waals surface area contributed by atoms with Crippen LogP contribution in [-0.2, 0) is 35.0 Å². The van der Waals surface area contributed by atoms with E-state index in [0.717, 1.165) is 4.57 Å². The van der Waals surface area contributed by atoms with Crippen molar-refractivity contribution >= 4 is 34.6 Å². The van der Waals surface area contributed by atoms with Gasteiger partial charge in [-0.3, -0.25) is 23.3 Å². The molecule has 1 N–H and O–H groups in total. The van der Waals surface area contributed by atoms with Crippen LogP contribution in [0, 0.1) is 5.92 Å². The number of carbonyl (C=O) groups excluding carboxylic acids is 2. The second-order valence-electron chi connectivity index (χ2n) is 6.30. The first kappa shape index (κ1) is 20.7. The molecule has 1 amide bonds. The van der Waals surface area contributed by atoms with E-state index >= 15 is 0 Å². The molecule has 0 aliphatic heterocycles. The Hall–Kier alpha value is -2.62. The summed E-state index contributed by atoms with van der Waals surface area (Å²) in [6.45, 7) is 3.36. The zero-order valence-electron chi connectivity index (χ0n) is 15.8. The maximum Gasteiger partial charge on any atom is 0.332 e. The zero-order valence-corrected chi connectivity index (χ0v) is 16.5. The van der Waals surface area contributed by atoms with Crippen molar-refractivity contribution in [3.8, 4) is 0 Å². The Morgan fingerprint density at radius 1 is 1.26 bits per heavy atom. The summed E-state index contributed by atoms with van der Waals surface area (Å²) in [5.74, 6) is -1.24. The standard InChI is InChI=1S/C16H22ClN5O5/c1-6-8(2)10(14(25)27-5)18-9(23)7-22-11-12(19-15(22)17)20(3)16(26)21(4)13(11)24/h8,10H,6-7H2,1-5H3,(H,18,23)/t8-,10+/m0/s1. The van der Waals surface area contributed by atoms with Crippen LogP contribution in [0.1, 0.15) is 20.3 Å². The van der Waals surface area contributed by atoms with Gasteiger partial charge in [0.25, 0.3) is 5.56 Å². The van der Waals surface area contributed by atoms with Gasteiger partial charge in [0.05, 0.1) is 7.11 Å². The van der Waals surface area contributed by atoms with Crippen molar-refractivity contribution in [2.24, 2.45) is 20.0 Å². The molecule has 0 radical (unpaired) electrons. The molecule has 2 atom stereocenters. The summed E-state index contributed by atoms with van der Waals surface area (Å²) in [6.07, 6.45) is 0.650. The molecule has 148 valence electrons. The molecule has 11 heteroatoms. The minimum atomic E-state index is -0.826. The van der Waals surface area contributed by atoms with Crippen molar-refractivity contribution in [1.82, 2.24) is 24.0 Å². The minimum absolute atomic E-state index is 0.0258. The maximum atomic E-state index is 12.5. The van der Waals surface area contributed by atoms with E-state index in [9.17, 15) is 19.2 Å². The van der Waals surface area contributed by atoms with Gasteiger partial charge in [-0.2, -0.15) is 4.98 Å². The highest BCUT2D eigenvalue weighted by atomic mass is 35.5. The lowest BCUT2D eigenvalue weighted by atomic mass is 9.99. The third-order valence-electron chi connectivity index (χ3n) is 4.59. The lowest BCUT2D eigenvalue weighted by Gasteiger charge is -2.22. The van der Waals surface area contributed by atoms with Crippen LogP contribution in [-0.4, -0.2) is 43.7 Å². The Kier molecular flexibility index (Phi) is 6.09. The highest BCUT2D eigenvalue weighted by molar-refractivity contribution is 6.29. The van der Waals surface area contributed by atoms with Gasteiger partial charge in [-0.15, -0.1) is 0 Å². The number of amides is 1. The SMILES string of the molecule is CC[C@H](C)[C@@H](NC(=O)Cn1c(Cl)nc2c1c(=O)n(C)c(=O)n2C)C(=O)OC. The molecular formula is C16H22ClN5O5. The second kappa shape index (κ2) is 7.95. The summed E-state index contributed by atoms with van der Waals surface area (Å²) in [5, 5.41) is 2.50. The number of fused-ring (bicyclic) bond motifs is 1. The summed E-state index contributed by atoms with van der Waals surface area (Å²) in [4.78, 5) is 52.9. The van der Waals surface area contributed by atoms with E-state index in [-0.39, 0.29) is 28.9 Å². The third-order valence-corrected chi connectivity index (χ3v) is 4.88. The first-order valence-electron chi connectivity index (χ1n) is 8.32. The van der Waals surface area contributed by atoms with Gasteiger partial charge in [-0.25, -0.2) is 9.59 Å². The van der Waals surface area contributed by atoms with Crippen LogP contribution >= 0.6 is 11.6 Å². The summed E-state index contributed by atoms with van der Waals surface area (Å²) in [6, 6.07) is -0.826. The molecule has 0 aromatic carbocycles. The van der Waals surface area contributed by atoms with Crippen molar-refractivity contribution in [2.45, 2.75) is 32.9 Å². The quantitative estimate of drug-likeness (QED) is 0.530. The molecule has 27 heavy (non-hydrogen) atoms. The lowest BCUT2D eigenvalue weighted by Crippen LogP contribution is -2.47. The van der Waals surface area contributed by atoms with E-state index in [1.807, 2.05) is 13.8 Å². The minimum Gasteiger partial charge on any atom is -0.467 e. The first-order valence-corrected chi connectivity index (χ1v) is 8.70. The number of aromatic nitrogens is 4. The van der Waals surface area contributed by atoms with Gasteiger partial charge in [-0.1, -0.05) is 20.3 Å². The number of halogens is 1. The van der Waals surface area contributed by atoms with Gasteiger partial charge >= 0.3 is 11.7 Å². The van der Waals surface area contributed by atoms with Crippen LogP contribution in [0.15, 0.2) is 9.59 Å². The Labute approximate surface area is 159 Å². The molecule has 2 aromatic heterocycles. The number of methoxy groups -OCH3 is 1. The summed E-state index contributed by atoms with van der Waals surface area (Å²) in [7, 11) is 4.02. The van der Waals surface area contributed by atoms with Gasteiger partial charge < -0.3 is 10.1 Å². The number of nitrogens with one attached hydrogen (secondary N) is 1. The van der Waals surface area contributed by atoms with Gasteiger partial charge in [0.15, 0.2) is 11.2 Å². The fourth-order valence-electron chi connectivity index (χ4n) is 2.72. The van der Waals surface area contributed by atoms with Crippen LogP contribution in [0.5, 0.6) is 0 Å². The number of ether oxygens (including phenoxy) is 1. The van der Waals surface area contributed by atoms with Crippen molar-refractivity contribution in [3.05, 3.63) is 26.1 Å². The van der Waals surface area contributed by atoms with Crippen molar-refractivity contribution < 1.29 is 14.3 Å². The number of aryl methyl sites for hydroxylation is 1. The number of hydrogen-bond donors (Lipinski definition) is 1. The predicted octanol–water partition coefficient (Wildman–Crippen LogP) is -0.209. The molecule has 0 spiro atoms. The predicted molar refractivity (Wildman–Crippen MR) is 98.6 cm³/mol. The van der Waals surface area contributed by atoms with Crippen molar-refractivity contribution in [1.29, 1.82) is 0 Å². The molecule has 0 saturated carbocycles. The average molecular weight is 400 g/mol. The van der Waals surface area contributed by atoms with E-state index in [2.05, 4.69) is 10.3 Å². The summed E-state index contributed by atoms with van der Waals surface area (Å²) < 4.78 is 8.03. The van der Waals surface area contributed by atoms with E-state index in [1.165, 1.54) is 30.3 Å². The Morgan fingerprint density at radius 3 is 2.44 bits per heavy atom. The molecule has 0 saturated heterocycles. The smallest absolute Gasteiger partial charge is 0.332 e. The number of esters is 1. The number of rotatable bonds is 6. The van der Waals surface area contributed by atoms with Crippen molar-refractivity contribution in [2.75, 3.05) is 7.11 Å². The molecule has 2 heterocycles. The molecule has 2 rings (SSSR count). The van der Waals surface area contributed by atoms with Crippen LogP contribution in [0.3, 0.4) is 0 Å². The van der Waals surface area contributed by atoms with E-state index in [1.54, 1.807) is 0 Å². The number of hydrogen-bond acceptors (Lipinski definition) is 6. The molecule has 0 unspecified atom stereocenters. The molecule has 0 fully saturated rings. The van der Waals surface area contributed by atoms with E-state index < -0.39 is 29.2 Å². The molecular weight excluding hydrogens is 378 g/mol. The van der Waals surface area contributed by atoms with Crippen molar-refractivity contribution in [3.63, 3.8) is 0 Å². The highest BCUT2D eigenvalue weighted by Crippen LogP contribution is 2.16. The van der Waals surface area contributed by atoms with E-state index in [0.29, 0.717) is 6.42 Å².